The first-order chi connectivity index (χ1) is 6.18. The Morgan fingerprint density at radius 3 is 2.08 bits per heavy atom. The second kappa shape index (κ2) is 3.23. The van der Waals surface area contributed by atoms with Crippen LogP contribution in [-0.4, -0.2) is 25.8 Å². The van der Waals surface area contributed by atoms with E-state index in [9.17, 15) is 0 Å². The van der Waals surface area contributed by atoms with Gasteiger partial charge in [-0.2, -0.15) is 0 Å². The van der Waals surface area contributed by atoms with Gasteiger partial charge in [0.25, 0.3) is 5.97 Å². The van der Waals surface area contributed by atoms with Crippen LogP contribution in [0.5, 0.6) is 0 Å². The standard InChI is InChI=1S/C10H18O3/c1-3-4-5-10-11-6-9(2,7-12-10)8-13-10/h3-8H2,1-2H3. The molecule has 3 fully saturated rings. The Kier molecular flexibility index (Phi) is 2.34. The number of hydrogen-bond acceptors (Lipinski definition) is 3. The highest BCUT2D eigenvalue weighted by Crippen LogP contribution is 2.40. The van der Waals surface area contributed by atoms with E-state index in [0.29, 0.717) is 0 Å². The van der Waals surface area contributed by atoms with E-state index < -0.39 is 5.97 Å². The van der Waals surface area contributed by atoms with Gasteiger partial charge in [0.1, 0.15) is 0 Å². The van der Waals surface area contributed by atoms with Gasteiger partial charge in [-0.3, -0.25) is 0 Å². The van der Waals surface area contributed by atoms with Gasteiger partial charge in [-0.25, -0.2) is 0 Å². The zero-order valence-electron chi connectivity index (χ0n) is 8.47. The summed E-state index contributed by atoms with van der Waals surface area (Å²) in [6, 6.07) is 0. The molecular weight excluding hydrogens is 168 g/mol. The number of unbranched alkanes of at least 4 members (excludes halogenated alkanes) is 1. The predicted molar refractivity (Wildman–Crippen MR) is 48.2 cm³/mol. The van der Waals surface area contributed by atoms with Crippen LogP contribution < -0.4 is 0 Å². The molecule has 0 aromatic rings. The second-order valence-electron chi connectivity index (χ2n) is 4.46. The summed E-state index contributed by atoms with van der Waals surface area (Å²) < 4.78 is 16.9. The SMILES string of the molecule is CCCCC12OCC(C)(CO1)CO2. The van der Waals surface area contributed by atoms with E-state index in [1.807, 2.05) is 0 Å². The minimum atomic E-state index is -0.687. The maximum Gasteiger partial charge on any atom is 0.282 e. The van der Waals surface area contributed by atoms with E-state index in [4.69, 9.17) is 14.2 Å². The smallest absolute Gasteiger partial charge is 0.282 e. The first-order valence-corrected chi connectivity index (χ1v) is 5.10. The molecule has 76 valence electrons. The lowest BCUT2D eigenvalue weighted by Gasteiger charge is -2.50. The van der Waals surface area contributed by atoms with Gasteiger partial charge in [-0.05, 0) is 6.42 Å². The highest BCUT2D eigenvalue weighted by molar-refractivity contribution is 4.84. The van der Waals surface area contributed by atoms with E-state index in [2.05, 4.69) is 13.8 Å². The first kappa shape index (κ1) is 9.44. The lowest BCUT2D eigenvalue weighted by Crippen LogP contribution is -2.58. The molecule has 0 aliphatic carbocycles. The molecule has 0 N–H and O–H groups in total. The van der Waals surface area contributed by atoms with Gasteiger partial charge in [0, 0.05) is 11.8 Å². The van der Waals surface area contributed by atoms with Gasteiger partial charge >= 0.3 is 0 Å². The Hall–Kier alpha value is -0.120. The van der Waals surface area contributed by atoms with Gasteiger partial charge in [0.2, 0.25) is 0 Å². The average molecular weight is 186 g/mol. The van der Waals surface area contributed by atoms with Gasteiger partial charge in [0.05, 0.1) is 19.8 Å². The molecule has 3 nitrogen and oxygen atoms in total. The van der Waals surface area contributed by atoms with Crippen LogP contribution in [0.25, 0.3) is 0 Å². The molecule has 0 radical (unpaired) electrons. The van der Waals surface area contributed by atoms with E-state index in [0.717, 1.165) is 39.1 Å². The monoisotopic (exact) mass is 186 g/mol. The molecule has 3 aliphatic heterocycles. The van der Waals surface area contributed by atoms with E-state index in [1.54, 1.807) is 0 Å². The summed E-state index contributed by atoms with van der Waals surface area (Å²) in [4.78, 5) is 0. The number of ether oxygens (including phenoxy) is 3. The molecule has 3 heterocycles. The topological polar surface area (TPSA) is 27.7 Å². The van der Waals surface area contributed by atoms with Crippen molar-refractivity contribution in [1.29, 1.82) is 0 Å². The summed E-state index contributed by atoms with van der Waals surface area (Å²) in [5.74, 6) is -0.687. The quantitative estimate of drug-likeness (QED) is 0.674. The Morgan fingerprint density at radius 2 is 1.62 bits per heavy atom. The third-order valence-electron chi connectivity index (χ3n) is 2.76. The molecule has 3 saturated heterocycles. The molecule has 0 atom stereocenters. The summed E-state index contributed by atoms with van der Waals surface area (Å²) in [5, 5.41) is 0. The van der Waals surface area contributed by atoms with Crippen molar-refractivity contribution in [2.24, 2.45) is 5.41 Å². The highest BCUT2D eigenvalue weighted by Gasteiger charge is 2.49. The zero-order chi connectivity index (χ0) is 9.36. The third kappa shape index (κ3) is 1.73. The van der Waals surface area contributed by atoms with Crippen LogP contribution in [0.1, 0.15) is 33.1 Å². The van der Waals surface area contributed by atoms with Crippen molar-refractivity contribution < 1.29 is 14.2 Å². The number of fused-ring (bicyclic) bond motifs is 3. The molecule has 3 heteroatoms. The Balaban J connectivity index is 1.95. The minimum Gasteiger partial charge on any atom is -0.327 e. The molecule has 0 aromatic heterocycles. The van der Waals surface area contributed by atoms with Crippen molar-refractivity contribution in [2.75, 3.05) is 19.8 Å². The number of rotatable bonds is 3. The number of hydrogen-bond donors (Lipinski definition) is 0. The summed E-state index contributed by atoms with van der Waals surface area (Å²) in [6.07, 6.45) is 3.10. The predicted octanol–water partition coefficient (Wildman–Crippen LogP) is 1.91. The Labute approximate surface area is 79.4 Å². The lowest BCUT2D eigenvalue weighted by molar-refractivity contribution is -0.467. The van der Waals surface area contributed by atoms with E-state index in [1.165, 1.54) is 0 Å². The molecule has 0 unspecified atom stereocenters. The van der Waals surface area contributed by atoms with E-state index >= 15 is 0 Å². The summed E-state index contributed by atoms with van der Waals surface area (Å²) in [5.41, 5.74) is 0.0912. The van der Waals surface area contributed by atoms with Gasteiger partial charge in [-0.15, -0.1) is 0 Å². The molecule has 0 amide bonds. The molecule has 3 aliphatic rings. The fourth-order valence-corrected chi connectivity index (χ4v) is 1.71. The van der Waals surface area contributed by atoms with Crippen LogP contribution in [0.15, 0.2) is 0 Å². The van der Waals surface area contributed by atoms with Crippen LogP contribution in [-0.2, 0) is 14.2 Å². The highest BCUT2D eigenvalue weighted by atomic mass is 16.9. The normalized spacial score (nSPS) is 43.8. The van der Waals surface area contributed by atoms with Crippen LogP contribution >= 0.6 is 0 Å². The zero-order valence-corrected chi connectivity index (χ0v) is 8.47. The van der Waals surface area contributed by atoms with Crippen LogP contribution in [0.3, 0.4) is 0 Å². The maximum absolute atomic E-state index is 5.63. The largest absolute Gasteiger partial charge is 0.327 e. The lowest BCUT2D eigenvalue weighted by atomic mass is 9.91. The van der Waals surface area contributed by atoms with Crippen LogP contribution in [0.2, 0.25) is 0 Å². The fourth-order valence-electron chi connectivity index (χ4n) is 1.71. The average Bonchev–Trinajstić information content (AvgIpc) is 2.18. The minimum absolute atomic E-state index is 0.0912. The van der Waals surface area contributed by atoms with Crippen LogP contribution in [0, 0.1) is 5.41 Å². The van der Waals surface area contributed by atoms with Crippen molar-refractivity contribution in [3.05, 3.63) is 0 Å². The Bertz CT molecular complexity index is 160. The first-order valence-electron chi connectivity index (χ1n) is 5.10. The van der Waals surface area contributed by atoms with Gasteiger partial charge < -0.3 is 14.2 Å². The third-order valence-corrected chi connectivity index (χ3v) is 2.76. The summed E-state index contributed by atoms with van der Waals surface area (Å²) in [6.45, 7) is 6.62. The van der Waals surface area contributed by atoms with Gasteiger partial charge in [0.15, 0.2) is 0 Å². The molecule has 0 aromatic carbocycles. The van der Waals surface area contributed by atoms with E-state index in [-0.39, 0.29) is 5.41 Å². The summed E-state index contributed by atoms with van der Waals surface area (Å²) in [7, 11) is 0. The van der Waals surface area contributed by atoms with Crippen molar-refractivity contribution in [3.8, 4) is 0 Å². The van der Waals surface area contributed by atoms with Crippen molar-refractivity contribution in [3.63, 3.8) is 0 Å². The maximum atomic E-state index is 5.63. The second-order valence-corrected chi connectivity index (χ2v) is 4.46. The molecule has 13 heavy (non-hydrogen) atoms. The molecule has 0 spiro atoms. The molecule has 0 saturated carbocycles. The van der Waals surface area contributed by atoms with Gasteiger partial charge in [-0.1, -0.05) is 20.3 Å². The van der Waals surface area contributed by atoms with Crippen molar-refractivity contribution in [1.82, 2.24) is 0 Å². The summed E-state index contributed by atoms with van der Waals surface area (Å²) >= 11 is 0. The fraction of sp³-hybridized carbons (Fsp3) is 1.00. The van der Waals surface area contributed by atoms with Crippen LogP contribution in [0.4, 0.5) is 0 Å². The molecular formula is C10H18O3. The van der Waals surface area contributed by atoms with Crippen molar-refractivity contribution >= 4 is 0 Å². The molecule has 2 bridgehead atoms. The van der Waals surface area contributed by atoms with Crippen molar-refractivity contribution in [2.45, 2.75) is 39.1 Å². The molecule has 3 rings (SSSR count). The Morgan fingerprint density at radius 1 is 1.08 bits per heavy atom.